The molecule has 0 saturated heterocycles. The fraction of sp³-hybridized carbons (Fsp3) is 0.250. The molecular weight excluding hydrogens is 366 g/mol. The largest absolute Gasteiger partial charge is 0.507 e. The maximum Gasteiger partial charge on any atom is 0.140 e. The number of nitrogens with zero attached hydrogens (tertiary/aromatic N) is 1. The highest BCUT2D eigenvalue weighted by Gasteiger charge is 2.27. The smallest absolute Gasteiger partial charge is 0.140 e. The van der Waals surface area contributed by atoms with E-state index in [0.717, 1.165) is 28.2 Å². The summed E-state index contributed by atoms with van der Waals surface area (Å²) in [4.78, 5) is 2.26. The van der Waals surface area contributed by atoms with Crippen LogP contribution in [0.5, 0.6) is 23.0 Å². The zero-order valence-corrected chi connectivity index (χ0v) is 16.7. The van der Waals surface area contributed by atoms with Gasteiger partial charge in [-0.2, -0.15) is 0 Å². The van der Waals surface area contributed by atoms with Gasteiger partial charge in [-0.15, -0.1) is 0 Å². The molecule has 1 N–H and O–H groups in total. The van der Waals surface area contributed by atoms with Crippen molar-refractivity contribution in [2.24, 2.45) is 0 Å². The van der Waals surface area contributed by atoms with E-state index in [0.29, 0.717) is 25.4 Å². The summed E-state index contributed by atoms with van der Waals surface area (Å²) in [6.45, 7) is 1.89. The van der Waals surface area contributed by atoms with Gasteiger partial charge in [-0.1, -0.05) is 42.5 Å². The van der Waals surface area contributed by atoms with Gasteiger partial charge in [0.2, 0.25) is 0 Å². The fourth-order valence-electron chi connectivity index (χ4n) is 3.82. The molecule has 5 nitrogen and oxygen atoms in total. The van der Waals surface area contributed by atoms with Crippen LogP contribution < -0.4 is 14.2 Å². The number of phenols is 1. The lowest BCUT2D eigenvalue weighted by molar-refractivity contribution is 0.140. The number of methoxy groups -OCH3 is 2. The Labute approximate surface area is 171 Å². The zero-order valence-electron chi connectivity index (χ0n) is 16.7. The van der Waals surface area contributed by atoms with E-state index < -0.39 is 0 Å². The van der Waals surface area contributed by atoms with Crippen LogP contribution in [0.25, 0.3) is 0 Å². The third-order valence-electron chi connectivity index (χ3n) is 5.26. The lowest BCUT2D eigenvalue weighted by Gasteiger charge is -2.26. The fourth-order valence-corrected chi connectivity index (χ4v) is 3.82. The minimum absolute atomic E-state index is 0.202. The second-order valence-corrected chi connectivity index (χ2v) is 7.08. The van der Waals surface area contributed by atoms with Gasteiger partial charge in [-0.05, 0) is 24.3 Å². The van der Waals surface area contributed by atoms with Crippen LogP contribution in [-0.2, 0) is 13.1 Å². The van der Waals surface area contributed by atoms with E-state index in [2.05, 4.69) is 11.0 Å². The molecule has 29 heavy (non-hydrogen) atoms. The van der Waals surface area contributed by atoms with Crippen LogP contribution in [0.15, 0.2) is 66.7 Å². The molecule has 0 saturated carbocycles. The summed E-state index contributed by atoms with van der Waals surface area (Å²) in [5.41, 5.74) is 2.88. The van der Waals surface area contributed by atoms with Crippen molar-refractivity contribution in [2.75, 3.05) is 20.8 Å². The minimum atomic E-state index is -0.202. The molecule has 0 amide bonds. The molecule has 3 aromatic rings. The standard InChI is InChI=1S/C24H25NO4/c1-27-22-12-6-4-9-18(22)24-16-25(14-17-8-3-5-11-21(17)29-24)15-19-20(26)10-7-13-23(19)28-2/h3-13,24,26H,14-16H2,1-2H3. The number of hydrogen-bond donors (Lipinski definition) is 1. The number of hydrogen-bond acceptors (Lipinski definition) is 5. The Morgan fingerprint density at radius 3 is 2.48 bits per heavy atom. The van der Waals surface area contributed by atoms with E-state index in [1.54, 1.807) is 26.4 Å². The van der Waals surface area contributed by atoms with Crippen LogP contribution in [-0.4, -0.2) is 30.8 Å². The zero-order chi connectivity index (χ0) is 20.2. The quantitative estimate of drug-likeness (QED) is 0.692. The normalized spacial score (nSPS) is 16.4. The number of benzene rings is 3. The molecular formula is C24H25NO4. The van der Waals surface area contributed by atoms with Crippen molar-refractivity contribution in [1.29, 1.82) is 0 Å². The van der Waals surface area contributed by atoms with Crippen LogP contribution >= 0.6 is 0 Å². The predicted molar refractivity (Wildman–Crippen MR) is 112 cm³/mol. The topological polar surface area (TPSA) is 51.2 Å². The Bertz CT molecular complexity index is 988. The molecule has 1 aliphatic rings. The number of fused-ring (bicyclic) bond motifs is 1. The molecule has 150 valence electrons. The second kappa shape index (κ2) is 8.45. The molecule has 0 fully saturated rings. The molecule has 1 heterocycles. The Morgan fingerprint density at radius 1 is 0.931 bits per heavy atom. The molecule has 1 unspecified atom stereocenters. The third-order valence-corrected chi connectivity index (χ3v) is 5.26. The van der Waals surface area contributed by atoms with Crippen molar-refractivity contribution in [2.45, 2.75) is 19.2 Å². The Kier molecular flexibility index (Phi) is 5.58. The molecule has 0 aliphatic carbocycles. The van der Waals surface area contributed by atoms with Crippen LogP contribution in [0.4, 0.5) is 0 Å². The van der Waals surface area contributed by atoms with E-state index in [1.807, 2.05) is 48.5 Å². The van der Waals surface area contributed by atoms with Crippen molar-refractivity contribution in [3.05, 3.63) is 83.4 Å². The van der Waals surface area contributed by atoms with Crippen molar-refractivity contribution in [3.63, 3.8) is 0 Å². The lowest BCUT2D eigenvalue weighted by atomic mass is 10.1. The van der Waals surface area contributed by atoms with Crippen molar-refractivity contribution >= 4 is 0 Å². The molecule has 4 rings (SSSR count). The van der Waals surface area contributed by atoms with Gasteiger partial charge in [-0.3, -0.25) is 4.90 Å². The summed E-state index contributed by atoms with van der Waals surface area (Å²) < 4.78 is 17.5. The summed E-state index contributed by atoms with van der Waals surface area (Å²) >= 11 is 0. The molecule has 1 atom stereocenters. The Hall–Kier alpha value is -3.18. The van der Waals surface area contributed by atoms with Crippen molar-refractivity contribution in [1.82, 2.24) is 4.90 Å². The average molecular weight is 391 g/mol. The predicted octanol–water partition coefficient (Wildman–Crippen LogP) is 4.55. The third kappa shape index (κ3) is 4.00. The summed E-state index contributed by atoms with van der Waals surface area (Å²) in [6, 6.07) is 21.4. The highest BCUT2D eigenvalue weighted by atomic mass is 16.5. The van der Waals surface area contributed by atoms with Gasteiger partial charge >= 0.3 is 0 Å². The van der Waals surface area contributed by atoms with E-state index >= 15 is 0 Å². The molecule has 5 heteroatoms. The van der Waals surface area contributed by atoms with Crippen molar-refractivity contribution < 1.29 is 19.3 Å². The Morgan fingerprint density at radius 2 is 1.66 bits per heavy atom. The first-order valence-electron chi connectivity index (χ1n) is 9.64. The maximum absolute atomic E-state index is 10.4. The van der Waals surface area contributed by atoms with Crippen LogP contribution in [0.1, 0.15) is 22.8 Å². The van der Waals surface area contributed by atoms with E-state index in [1.165, 1.54) is 0 Å². The number of ether oxygens (including phenoxy) is 3. The van der Waals surface area contributed by atoms with Gasteiger partial charge in [0, 0.05) is 36.3 Å². The average Bonchev–Trinajstić information content (AvgIpc) is 2.94. The lowest BCUT2D eigenvalue weighted by Crippen LogP contribution is -2.28. The van der Waals surface area contributed by atoms with E-state index in [9.17, 15) is 5.11 Å². The molecule has 0 radical (unpaired) electrons. The molecule has 0 spiro atoms. The summed E-state index contributed by atoms with van der Waals surface area (Å²) in [7, 11) is 3.30. The summed E-state index contributed by atoms with van der Waals surface area (Å²) in [6.07, 6.45) is -0.202. The molecule has 0 bridgehead atoms. The first-order valence-corrected chi connectivity index (χ1v) is 9.64. The summed E-state index contributed by atoms with van der Waals surface area (Å²) in [5.74, 6) is 2.58. The molecule has 3 aromatic carbocycles. The molecule has 0 aromatic heterocycles. The minimum Gasteiger partial charge on any atom is -0.507 e. The van der Waals surface area contributed by atoms with Crippen LogP contribution in [0.3, 0.4) is 0 Å². The van der Waals surface area contributed by atoms with Crippen molar-refractivity contribution in [3.8, 4) is 23.0 Å². The highest BCUT2D eigenvalue weighted by molar-refractivity contribution is 5.44. The first-order chi connectivity index (χ1) is 14.2. The SMILES string of the molecule is COc1ccccc1C1CN(Cc2c(O)cccc2OC)Cc2ccccc2O1. The van der Waals surface area contributed by atoms with Crippen LogP contribution in [0, 0.1) is 0 Å². The molecule has 1 aliphatic heterocycles. The van der Waals surface area contributed by atoms with Gasteiger partial charge in [0.25, 0.3) is 0 Å². The number of para-hydroxylation sites is 2. The van der Waals surface area contributed by atoms with Gasteiger partial charge in [-0.25, -0.2) is 0 Å². The first kappa shape index (κ1) is 19.2. The number of rotatable bonds is 5. The van der Waals surface area contributed by atoms with Gasteiger partial charge in [0.05, 0.1) is 14.2 Å². The maximum atomic E-state index is 10.4. The number of phenolic OH excluding ortho intramolecular Hbond substituents is 1. The Balaban J connectivity index is 1.71. The van der Waals surface area contributed by atoms with Gasteiger partial charge < -0.3 is 19.3 Å². The summed E-state index contributed by atoms with van der Waals surface area (Å²) in [5, 5.41) is 10.4. The van der Waals surface area contributed by atoms with E-state index in [4.69, 9.17) is 14.2 Å². The second-order valence-electron chi connectivity index (χ2n) is 7.08. The monoisotopic (exact) mass is 391 g/mol. The van der Waals surface area contributed by atoms with Gasteiger partial charge in [0.1, 0.15) is 29.1 Å². The number of aromatic hydroxyl groups is 1. The van der Waals surface area contributed by atoms with Crippen LogP contribution in [0.2, 0.25) is 0 Å². The highest BCUT2D eigenvalue weighted by Crippen LogP contribution is 2.36. The van der Waals surface area contributed by atoms with E-state index in [-0.39, 0.29) is 11.9 Å². The van der Waals surface area contributed by atoms with Gasteiger partial charge in [0.15, 0.2) is 0 Å².